The van der Waals surface area contributed by atoms with Crippen LogP contribution in [-0.2, 0) is 9.53 Å². The maximum atomic E-state index is 10.7. The number of nitrogens with zero attached hydrogens (tertiary/aromatic N) is 1. The monoisotopic (exact) mass is 230 g/mol. The summed E-state index contributed by atoms with van der Waals surface area (Å²) in [5.74, 6) is -0.843. The first-order valence-electron chi connectivity index (χ1n) is 5.76. The fourth-order valence-corrected chi connectivity index (χ4v) is 1.67. The molecule has 3 atom stereocenters. The molecule has 5 nitrogen and oxygen atoms in total. The van der Waals surface area contributed by atoms with Crippen LogP contribution in [0.5, 0.6) is 0 Å². The van der Waals surface area contributed by atoms with Gasteiger partial charge in [-0.05, 0) is 33.9 Å². The van der Waals surface area contributed by atoms with E-state index in [1.165, 1.54) is 0 Å². The maximum Gasteiger partial charge on any atom is 0.332 e. The van der Waals surface area contributed by atoms with Gasteiger partial charge < -0.3 is 20.1 Å². The Morgan fingerprint density at radius 3 is 2.75 bits per heavy atom. The van der Waals surface area contributed by atoms with Crippen LogP contribution in [0.25, 0.3) is 0 Å². The highest BCUT2D eigenvalue weighted by molar-refractivity contribution is 5.72. The van der Waals surface area contributed by atoms with Gasteiger partial charge >= 0.3 is 5.97 Å². The molecule has 1 aliphatic rings. The zero-order chi connectivity index (χ0) is 12.1. The van der Waals surface area contributed by atoms with Gasteiger partial charge in [0.05, 0.1) is 6.10 Å². The van der Waals surface area contributed by atoms with Gasteiger partial charge in [0, 0.05) is 19.1 Å². The maximum absolute atomic E-state index is 10.7. The summed E-state index contributed by atoms with van der Waals surface area (Å²) < 4.78 is 5.39. The van der Waals surface area contributed by atoms with Crippen LogP contribution in [0, 0.1) is 0 Å². The molecule has 94 valence electrons. The highest BCUT2D eigenvalue weighted by atomic mass is 16.5. The van der Waals surface area contributed by atoms with Gasteiger partial charge in [-0.1, -0.05) is 0 Å². The predicted octanol–water partition coefficient (Wildman–Crippen LogP) is 0.158. The average Bonchev–Trinajstić information content (AvgIpc) is 2.66. The molecule has 0 aromatic rings. The van der Waals surface area contributed by atoms with E-state index >= 15 is 0 Å². The minimum atomic E-state index is -0.843. The topological polar surface area (TPSA) is 61.8 Å². The molecule has 1 heterocycles. The summed E-state index contributed by atoms with van der Waals surface area (Å²) in [6, 6.07) is 0.469. The molecule has 1 aliphatic heterocycles. The first-order chi connectivity index (χ1) is 7.50. The zero-order valence-electron chi connectivity index (χ0n) is 10.3. The number of likely N-dealkylation sites (N-methyl/N-ethyl adjacent to an activating group) is 1. The van der Waals surface area contributed by atoms with E-state index in [4.69, 9.17) is 9.84 Å². The highest BCUT2D eigenvalue weighted by Crippen LogP contribution is 2.19. The third-order valence-electron chi connectivity index (χ3n) is 3.08. The van der Waals surface area contributed by atoms with Crippen LogP contribution in [0.2, 0.25) is 0 Å². The van der Waals surface area contributed by atoms with Crippen molar-refractivity contribution in [2.75, 3.05) is 27.2 Å². The van der Waals surface area contributed by atoms with E-state index in [9.17, 15) is 4.79 Å². The lowest BCUT2D eigenvalue weighted by molar-refractivity contribution is -0.149. The van der Waals surface area contributed by atoms with E-state index in [-0.39, 0.29) is 6.10 Å². The molecule has 0 aromatic carbocycles. The number of carbonyl (C=O) groups is 1. The van der Waals surface area contributed by atoms with E-state index in [0.717, 1.165) is 19.5 Å². The van der Waals surface area contributed by atoms with Gasteiger partial charge in [0.2, 0.25) is 0 Å². The smallest absolute Gasteiger partial charge is 0.332 e. The number of rotatable bonds is 6. The van der Waals surface area contributed by atoms with Crippen LogP contribution in [0.15, 0.2) is 0 Å². The molecule has 0 radical (unpaired) electrons. The quantitative estimate of drug-likeness (QED) is 0.680. The lowest BCUT2D eigenvalue weighted by atomic mass is 10.2. The second-order valence-electron chi connectivity index (χ2n) is 4.63. The Morgan fingerprint density at radius 2 is 2.25 bits per heavy atom. The largest absolute Gasteiger partial charge is 0.479 e. The summed E-state index contributed by atoms with van der Waals surface area (Å²) in [4.78, 5) is 12.8. The molecule has 5 heteroatoms. The Balaban J connectivity index is 2.13. The van der Waals surface area contributed by atoms with Crippen LogP contribution in [-0.4, -0.2) is 61.4 Å². The standard InChI is InChI=1S/C11H22N2O3/c1-8(13(2)3)6-12-7-9-4-5-10(16-9)11(14)15/h8-10,12H,4-7H2,1-3H3,(H,14,15). The second-order valence-corrected chi connectivity index (χ2v) is 4.63. The predicted molar refractivity (Wildman–Crippen MR) is 61.5 cm³/mol. The van der Waals surface area contributed by atoms with Crippen molar-refractivity contribution in [2.24, 2.45) is 0 Å². The van der Waals surface area contributed by atoms with Crippen molar-refractivity contribution in [2.45, 2.75) is 38.0 Å². The van der Waals surface area contributed by atoms with Gasteiger partial charge in [-0.2, -0.15) is 0 Å². The molecule has 16 heavy (non-hydrogen) atoms. The van der Waals surface area contributed by atoms with Crippen molar-refractivity contribution in [3.63, 3.8) is 0 Å². The molecule has 1 fully saturated rings. The van der Waals surface area contributed by atoms with Gasteiger partial charge in [-0.3, -0.25) is 0 Å². The van der Waals surface area contributed by atoms with Crippen LogP contribution >= 0.6 is 0 Å². The Kier molecular flexibility index (Phi) is 5.18. The molecular formula is C11H22N2O3. The van der Waals surface area contributed by atoms with E-state index in [0.29, 0.717) is 12.5 Å². The second kappa shape index (κ2) is 6.18. The molecule has 0 amide bonds. The molecular weight excluding hydrogens is 208 g/mol. The van der Waals surface area contributed by atoms with Gasteiger partial charge in [-0.25, -0.2) is 4.79 Å². The van der Waals surface area contributed by atoms with Crippen molar-refractivity contribution in [1.82, 2.24) is 10.2 Å². The van der Waals surface area contributed by atoms with E-state index in [2.05, 4.69) is 17.1 Å². The van der Waals surface area contributed by atoms with Gasteiger partial charge in [0.1, 0.15) is 0 Å². The zero-order valence-corrected chi connectivity index (χ0v) is 10.3. The minimum Gasteiger partial charge on any atom is -0.479 e. The van der Waals surface area contributed by atoms with Crippen molar-refractivity contribution < 1.29 is 14.6 Å². The van der Waals surface area contributed by atoms with E-state index < -0.39 is 12.1 Å². The van der Waals surface area contributed by atoms with Crippen LogP contribution in [0.1, 0.15) is 19.8 Å². The molecule has 1 rings (SSSR count). The fourth-order valence-electron chi connectivity index (χ4n) is 1.67. The van der Waals surface area contributed by atoms with E-state index in [1.54, 1.807) is 0 Å². The Bertz CT molecular complexity index is 233. The Hall–Kier alpha value is -0.650. The number of ether oxygens (including phenoxy) is 1. The fraction of sp³-hybridized carbons (Fsp3) is 0.909. The SMILES string of the molecule is CC(CNCC1CCC(C(=O)O)O1)N(C)C. The van der Waals surface area contributed by atoms with Crippen LogP contribution in [0.3, 0.4) is 0 Å². The molecule has 0 saturated carbocycles. The Morgan fingerprint density at radius 1 is 1.56 bits per heavy atom. The number of carboxylic acid groups (broad SMARTS) is 1. The van der Waals surface area contributed by atoms with Gasteiger partial charge in [-0.15, -0.1) is 0 Å². The molecule has 0 spiro atoms. The van der Waals surface area contributed by atoms with Crippen molar-refractivity contribution in [1.29, 1.82) is 0 Å². The van der Waals surface area contributed by atoms with Crippen molar-refractivity contribution in [3.05, 3.63) is 0 Å². The minimum absolute atomic E-state index is 0.0514. The lowest BCUT2D eigenvalue weighted by Gasteiger charge is -2.21. The number of carboxylic acids is 1. The molecule has 0 aromatic heterocycles. The van der Waals surface area contributed by atoms with Crippen LogP contribution in [0.4, 0.5) is 0 Å². The van der Waals surface area contributed by atoms with Crippen LogP contribution < -0.4 is 5.32 Å². The summed E-state index contributed by atoms with van der Waals surface area (Å²) in [6.07, 6.45) is 0.916. The third-order valence-corrected chi connectivity index (χ3v) is 3.08. The Labute approximate surface area is 96.8 Å². The number of nitrogens with one attached hydrogen (secondary N) is 1. The van der Waals surface area contributed by atoms with Crippen molar-refractivity contribution >= 4 is 5.97 Å². The summed E-state index contributed by atoms with van der Waals surface area (Å²) in [7, 11) is 4.08. The third kappa shape index (κ3) is 4.08. The van der Waals surface area contributed by atoms with Crippen molar-refractivity contribution in [3.8, 4) is 0 Å². The highest BCUT2D eigenvalue weighted by Gasteiger charge is 2.29. The first kappa shape index (κ1) is 13.4. The molecule has 0 aliphatic carbocycles. The normalized spacial score (nSPS) is 27.2. The summed E-state index contributed by atoms with van der Waals surface area (Å²) in [6.45, 7) is 3.77. The van der Waals surface area contributed by atoms with E-state index in [1.807, 2.05) is 14.1 Å². The number of hydrogen-bond acceptors (Lipinski definition) is 4. The number of aliphatic carboxylic acids is 1. The van der Waals surface area contributed by atoms with Gasteiger partial charge in [0.15, 0.2) is 6.10 Å². The van der Waals surface area contributed by atoms with Gasteiger partial charge in [0.25, 0.3) is 0 Å². The average molecular weight is 230 g/mol. The summed E-state index contributed by atoms with van der Waals surface area (Å²) in [5.41, 5.74) is 0. The number of hydrogen-bond donors (Lipinski definition) is 2. The summed E-state index contributed by atoms with van der Waals surface area (Å²) in [5, 5.41) is 12.1. The summed E-state index contributed by atoms with van der Waals surface area (Å²) >= 11 is 0. The molecule has 1 saturated heterocycles. The molecule has 2 N–H and O–H groups in total. The molecule has 3 unspecified atom stereocenters. The first-order valence-corrected chi connectivity index (χ1v) is 5.76. The lowest BCUT2D eigenvalue weighted by Crippen LogP contribution is -2.38. The molecule has 0 bridgehead atoms.